The maximum absolute atomic E-state index is 12.4. The number of nitrogens with one attached hydrogen (secondary N) is 1. The summed E-state index contributed by atoms with van der Waals surface area (Å²) in [6, 6.07) is 9.97. The first kappa shape index (κ1) is 13.4. The van der Waals surface area contributed by atoms with Gasteiger partial charge in [0.15, 0.2) is 0 Å². The maximum Gasteiger partial charge on any atom is 0.265 e. The van der Waals surface area contributed by atoms with Crippen LogP contribution in [-0.2, 0) is 12.8 Å². The standard InChI is InChI=1S/C17H19NOS/c1-11-7-8-15-13(9-11)10-16(20-15)17(19)18-14-6-4-3-5-12(14)2/h3-6,10-11H,7-9H2,1-2H3,(H,18,19). The lowest BCUT2D eigenvalue weighted by molar-refractivity contribution is 0.103. The molecule has 1 N–H and O–H groups in total. The SMILES string of the molecule is Cc1ccccc1NC(=O)c1cc2c(s1)CCC(C)C2. The zero-order valence-corrected chi connectivity index (χ0v) is 12.7. The number of benzene rings is 1. The van der Waals surface area contributed by atoms with E-state index in [2.05, 4.69) is 18.3 Å². The van der Waals surface area contributed by atoms with Crippen LogP contribution in [-0.4, -0.2) is 5.91 Å². The van der Waals surface area contributed by atoms with Gasteiger partial charge < -0.3 is 5.32 Å². The first-order valence-corrected chi connectivity index (χ1v) is 7.93. The van der Waals surface area contributed by atoms with Gasteiger partial charge in [-0.1, -0.05) is 25.1 Å². The fourth-order valence-electron chi connectivity index (χ4n) is 2.71. The van der Waals surface area contributed by atoms with Gasteiger partial charge in [-0.2, -0.15) is 0 Å². The molecular weight excluding hydrogens is 266 g/mol. The van der Waals surface area contributed by atoms with E-state index in [-0.39, 0.29) is 5.91 Å². The number of carbonyl (C=O) groups is 1. The summed E-state index contributed by atoms with van der Waals surface area (Å²) in [6.07, 6.45) is 3.48. The molecule has 0 radical (unpaired) electrons. The highest BCUT2D eigenvalue weighted by Crippen LogP contribution is 2.32. The third kappa shape index (κ3) is 2.63. The van der Waals surface area contributed by atoms with Crippen molar-refractivity contribution in [3.05, 3.63) is 51.2 Å². The van der Waals surface area contributed by atoms with Gasteiger partial charge in [0.25, 0.3) is 5.91 Å². The summed E-state index contributed by atoms with van der Waals surface area (Å²) in [4.78, 5) is 14.6. The number of aryl methyl sites for hydroxylation is 2. The molecule has 1 aromatic carbocycles. The van der Waals surface area contributed by atoms with Gasteiger partial charge in [0.05, 0.1) is 4.88 Å². The fourth-order valence-corrected chi connectivity index (χ4v) is 3.82. The molecule has 0 saturated carbocycles. The molecule has 1 atom stereocenters. The number of para-hydroxylation sites is 1. The molecule has 20 heavy (non-hydrogen) atoms. The highest BCUT2D eigenvalue weighted by Gasteiger charge is 2.20. The molecule has 0 fully saturated rings. The predicted octanol–water partition coefficient (Wildman–Crippen LogP) is 4.43. The smallest absolute Gasteiger partial charge is 0.265 e. The van der Waals surface area contributed by atoms with Gasteiger partial charge in [0.2, 0.25) is 0 Å². The lowest BCUT2D eigenvalue weighted by atomic mass is 9.90. The molecule has 0 saturated heterocycles. The molecule has 2 nitrogen and oxygen atoms in total. The molecule has 1 heterocycles. The van der Waals surface area contributed by atoms with Gasteiger partial charge in [-0.05, 0) is 55.4 Å². The van der Waals surface area contributed by atoms with E-state index in [1.165, 1.54) is 16.9 Å². The Morgan fingerprint density at radius 2 is 2.15 bits per heavy atom. The number of carbonyl (C=O) groups excluding carboxylic acids is 1. The molecule has 0 aliphatic heterocycles. The van der Waals surface area contributed by atoms with E-state index in [0.717, 1.165) is 34.9 Å². The van der Waals surface area contributed by atoms with Crippen LogP contribution in [0.1, 0.15) is 39.0 Å². The molecule has 1 aliphatic rings. The zero-order chi connectivity index (χ0) is 14.1. The lowest BCUT2D eigenvalue weighted by Gasteiger charge is -2.16. The average Bonchev–Trinajstić information content (AvgIpc) is 2.84. The van der Waals surface area contributed by atoms with Crippen LogP contribution in [0.25, 0.3) is 0 Å². The van der Waals surface area contributed by atoms with Crippen LogP contribution in [0, 0.1) is 12.8 Å². The molecule has 0 bridgehead atoms. The Hall–Kier alpha value is -1.61. The number of fused-ring (bicyclic) bond motifs is 1. The monoisotopic (exact) mass is 285 g/mol. The molecule has 0 spiro atoms. The number of hydrogen-bond acceptors (Lipinski definition) is 2. The van der Waals surface area contributed by atoms with Crippen molar-refractivity contribution >= 4 is 22.9 Å². The van der Waals surface area contributed by atoms with Gasteiger partial charge in [-0.25, -0.2) is 0 Å². The van der Waals surface area contributed by atoms with E-state index in [1.54, 1.807) is 11.3 Å². The van der Waals surface area contributed by atoms with Crippen LogP contribution in [0.3, 0.4) is 0 Å². The third-order valence-electron chi connectivity index (χ3n) is 3.95. The molecule has 1 aromatic heterocycles. The van der Waals surface area contributed by atoms with Gasteiger partial charge in [-0.3, -0.25) is 4.79 Å². The Kier molecular flexibility index (Phi) is 3.62. The van der Waals surface area contributed by atoms with Crippen molar-refractivity contribution in [2.45, 2.75) is 33.1 Å². The summed E-state index contributed by atoms with van der Waals surface area (Å²) < 4.78 is 0. The van der Waals surface area contributed by atoms with Crippen molar-refractivity contribution in [1.82, 2.24) is 0 Å². The van der Waals surface area contributed by atoms with Crippen LogP contribution < -0.4 is 5.32 Å². The predicted molar refractivity (Wildman–Crippen MR) is 84.6 cm³/mol. The Bertz CT molecular complexity index is 644. The number of thiophene rings is 1. The lowest BCUT2D eigenvalue weighted by Crippen LogP contribution is -2.11. The average molecular weight is 285 g/mol. The third-order valence-corrected chi connectivity index (χ3v) is 5.18. The molecule has 3 heteroatoms. The first-order chi connectivity index (χ1) is 9.63. The molecule has 1 aliphatic carbocycles. The molecule has 1 amide bonds. The second-order valence-corrected chi connectivity index (χ2v) is 6.81. The van der Waals surface area contributed by atoms with E-state index >= 15 is 0 Å². The van der Waals surface area contributed by atoms with E-state index in [9.17, 15) is 4.79 Å². The van der Waals surface area contributed by atoms with Crippen molar-refractivity contribution in [3.63, 3.8) is 0 Å². The minimum absolute atomic E-state index is 0.0198. The summed E-state index contributed by atoms with van der Waals surface area (Å²) in [5, 5.41) is 3.02. The Balaban J connectivity index is 1.80. The second kappa shape index (κ2) is 5.41. The number of rotatable bonds is 2. The van der Waals surface area contributed by atoms with E-state index in [1.807, 2.05) is 31.2 Å². The summed E-state index contributed by atoms with van der Waals surface area (Å²) in [5.74, 6) is 0.760. The molecule has 3 rings (SSSR count). The Morgan fingerprint density at radius 3 is 2.95 bits per heavy atom. The Labute approximate surface area is 123 Å². The van der Waals surface area contributed by atoms with Crippen LogP contribution in [0.2, 0.25) is 0 Å². The van der Waals surface area contributed by atoms with Crippen LogP contribution >= 0.6 is 11.3 Å². The van der Waals surface area contributed by atoms with Gasteiger partial charge >= 0.3 is 0 Å². The quantitative estimate of drug-likeness (QED) is 0.868. The van der Waals surface area contributed by atoms with E-state index in [4.69, 9.17) is 0 Å². The minimum Gasteiger partial charge on any atom is -0.321 e. The van der Waals surface area contributed by atoms with Crippen LogP contribution in [0.5, 0.6) is 0 Å². The normalized spacial score (nSPS) is 17.6. The van der Waals surface area contributed by atoms with Crippen molar-refractivity contribution < 1.29 is 4.79 Å². The number of anilines is 1. The summed E-state index contributed by atoms with van der Waals surface area (Å²) in [5.41, 5.74) is 3.37. The largest absolute Gasteiger partial charge is 0.321 e. The molecular formula is C17H19NOS. The number of hydrogen-bond donors (Lipinski definition) is 1. The zero-order valence-electron chi connectivity index (χ0n) is 11.9. The highest BCUT2D eigenvalue weighted by molar-refractivity contribution is 7.14. The van der Waals surface area contributed by atoms with Gasteiger partial charge in [0.1, 0.15) is 0 Å². The van der Waals surface area contributed by atoms with Gasteiger partial charge in [-0.15, -0.1) is 11.3 Å². The Morgan fingerprint density at radius 1 is 1.35 bits per heavy atom. The summed E-state index contributed by atoms with van der Waals surface area (Å²) in [7, 11) is 0. The number of amides is 1. The van der Waals surface area contributed by atoms with Crippen molar-refractivity contribution in [3.8, 4) is 0 Å². The molecule has 1 unspecified atom stereocenters. The first-order valence-electron chi connectivity index (χ1n) is 7.12. The van der Waals surface area contributed by atoms with Crippen molar-refractivity contribution in [1.29, 1.82) is 0 Å². The fraction of sp³-hybridized carbons (Fsp3) is 0.353. The van der Waals surface area contributed by atoms with E-state index < -0.39 is 0 Å². The maximum atomic E-state index is 12.4. The second-order valence-electron chi connectivity index (χ2n) is 5.68. The molecule has 2 aromatic rings. The minimum atomic E-state index is 0.0198. The van der Waals surface area contributed by atoms with Crippen molar-refractivity contribution in [2.75, 3.05) is 5.32 Å². The van der Waals surface area contributed by atoms with Crippen molar-refractivity contribution in [2.24, 2.45) is 5.92 Å². The van der Waals surface area contributed by atoms with Crippen LogP contribution in [0.4, 0.5) is 5.69 Å². The highest BCUT2D eigenvalue weighted by atomic mass is 32.1. The van der Waals surface area contributed by atoms with Gasteiger partial charge in [0, 0.05) is 10.6 Å². The topological polar surface area (TPSA) is 29.1 Å². The van der Waals surface area contributed by atoms with Crippen LogP contribution in [0.15, 0.2) is 30.3 Å². The summed E-state index contributed by atoms with van der Waals surface area (Å²) in [6.45, 7) is 4.30. The molecule has 104 valence electrons. The van der Waals surface area contributed by atoms with E-state index in [0.29, 0.717) is 0 Å². The summed E-state index contributed by atoms with van der Waals surface area (Å²) >= 11 is 1.66.